The largest absolute Gasteiger partial charge is 0.444 e. The average Bonchev–Trinajstić information content (AvgIpc) is 2.81. The van der Waals surface area contributed by atoms with Gasteiger partial charge >= 0.3 is 6.09 Å². The van der Waals surface area contributed by atoms with E-state index in [1.807, 2.05) is 38.6 Å². The second kappa shape index (κ2) is 7.63. The molecule has 0 aliphatic rings. The van der Waals surface area contributed by atoms with Gasteiger partial charge < -0.3 is 19.9 Å². The first-order valence-corrected chi connectivity index (χ1v) is 7.89. The molecule has 0 radical (unpaired) electrons. The molecule has 0 aliphatic heterocycles. The zero-order valence-corrected chi connectivity index (χ0v) is 14.7. The monoisotopic (exact) mass is 310 g/mol. The molecule has 2 N–H and O–H groups in total. The summed E-state index contributed by atoms with van der Waals surface area (Å²) < 4.78 is 7.35. The molecule has 0 aliphatic carbocycles. The molecular weight excluding hydrogens is 280 g/mol. The third-order valence-corrected chi connectivity index (χ3v) is 3.79. The third kappa shape index (κ3) is 5.67. The number of carbonyl (C=O) groups excluding carboxylic acids is 1. The second-order valence-corrected chi connectivity index (χ2v) is 6.67. The van der Waals surface area contributed by atoms with E-state index in [0.717, 1.165) is 18.7 Å². The molecule has 22 heavy (non-hydrogen) atoms. The Hall–Kier alpha value is -1.56. The summed E-state index contributed by atoms with van der Waals surface area (Å²) in [6.07, 6.45) is 4.99. The van der Waals surface area contributed by atoms with Crippen molar-refractivity contribution in [1.29, 1.82) is 0 Å². The summed E-state index contributed by atoms with van der Waals surface area (Å²) in [4.78, 5) is 16.3. The SMILES string of the molecule is CCC(CC)(CNCc1nccn1C)NC(=O)OC(C)(C)C. The zero-order chi connectivity index (χ0) is 16.8. The lowest BCUT2D eigenvalue weighted by Crippen LogP contribution is -2.55. The van der Waals surface area contributed by atoms with E-state index >= 15 is 0 Å². The van der Waals surface area contributed by atoms with Crippen LogP contribution in [-0.2, 0) is 18.3 Å². The smallest absolute Gasteiger partial charge is 0.408 e. The van der Waals surface area contributed by atoms with Crippen LogP contribution in [0.25, 0.3) is 0 Å². The van der Waals surface area contributed by atoms with Gasteiger partial charge in [-0.25, -0.2) is 9.78 Å². The molecular formula is C16H30N4O2. The highest BCUT2D eigenvalue weighted by Crippen LogP contribution is 2.16. The first-order chi connectivity index (χ1) is 10.2. The molecule has 1 rings (SSSR count). The number of ether oxygens (including phenoxy) is 1. The van der Waals surface area contributed by atoms with Crippen molar-refractivity contribution in [2.24, 2.45) is 7.05 Å². The number of aryl methyl sites for hydroxylation is 1. The lowest BCUT2D eigenvalue weighted by Gasteiger charge is -2.34. The molecule has 1 aromatic rings. The van der Waals surface area contributed by atoms with Crippen LogP contribution in [0.3, 0.4) is 0 Å². The van der Waals surface area contributed by atoms with Crippen molar-refractivity contribution >= 4 is 6.09 Å². The van der Waals surface area contributed by atoms with E-state index in [0.29, 0.717) is 13.1 Å². The van der Waals surface area contributed by atoms with E-state index in [9.17, 15) is 4.79 Å². The molecule has 0 fully saturated rings. The van der Waals surface area contributed by atoms with Gasteiger partial charge in [-0.15, -0.1) is 0 Å². The maximum absolute atomic E-state index is 12.1. The van der Waals surface area contributed by atoms with Crippen LogP contribution >= 0.6 is 0 Å². The quantitative estimate of drug-likeness (QED) is 0.812. The highest BCUT2D eigenvalue weighted by Gasteiger charge is 2.30. The molecule has 0 unspecified atom stereocenters. The van der Waals surface area contributed by atoms with Crippen molar-refractivity contribution in [1.82, 2.24) is 20.2 Å². The first-order valence-electron chi connectivity index (χ1n) is 7.89. The van der Waals surface area contributed by atoms with Gasteiger partial charge in [0.25, 0.3) is 0 Å². The number of rotatable bonds is 7. The summed E-state index contributed by atoms with van der Waals surface area (Å²) in [6, 6.07) is 0. The summed E-state index contributed by atoms with van der Waals surface area (Å²) in [7, 11) is 1.97. The predicted octanol–water partition coefficient (Wildman–Crippen LogP) is 2.59. The van der Waals surface area contributed by atoms with E-state index in [4.69, 9.17) is 4.74 Å². The average molecular weight is 310 g/mol. The molecule has 0 saturated carbocycles. The third-order valence-electron chi connectivity index (χ3n) is 3.79. The molecule has 0 atom stereocenters. The van der Waals surface area contributed by atoms with Gasteiger partial charge in [0.05, 0.1) is 12.1 Å². The van der Waals surface area contributed by atoms with E-state index in [1.54, 1.807) is 6.20 Å². The highest BCUT2D eigenvalue weighted by molar-refractivity contribution is 5.68. The van der Waals surface area contributed by atoms with Crippen molar-refractivity contribution < 1.29 is 9.53 Å². The van der Waals surface area contributed by atoms with E-state index < -0.39 is 5.60 Å². The standard InChI is InChI=1S/C16H30N4O2/c1-7-16(8-2,19-14(21)22-15(3,4)5)12-17-11-13-18-9-10-20(13)6/h9-10,17H,7-8,11-12H2,1-6H3,(H,19,21). The first kappa shape index (κ1) is 18.5. The Morgan fingerprint density at radius 2 is 1.95 bits per heavy atom. The minimum atomic E-state index is -0.488. The van der Waals surface area contributed by atoms with Crippen LogP contribution in [0.5, 0.6) is 0 Å². The molecule has 0 bridgehead atoms. The van der Waals surface area contributed by atoms with Gasteiger partial charge in [0.15, 0.2) is 0 Å². The number of hydrogen-bond acceptors (Lipinski definition) is 4. The Balaban J connectivity index is 2.58. The minimum Gasteiger partial charge on any atom is -0.444 e. The maximum Gasteiger partial charge on any atom is 0.408 e. The number of imidazole rings is 1. The van der Waals surface area contributed by atoms with Gasteiger partial charge in [-0.1, -0.05) is 13.8 Å². The van der Waals surface area contributed by atoms with Gasteiger partial charge in [0, 0.05) is 26.0 Å². The molecule has 1 aromatic heterocycles. The fourth-order valence-corrected chi connectivity index (χ4v) is 2.22. The molecule has 0 aromatic carbocycles. The van der Waals surface area contributed by atoms with E-state index in [1.165, 1.54) is 0 Å². The molecule has 0 saturated heterocycles. The fraction of sp³-hybridized carbons (Fsp3) is 0.750. The Labute approximate surface area is 133 Å². The van der Waals surface area contributed by atoms with Crippen LogP contribution < -0.4 is 10.6 Å². The van der Waals surface area contributed by atoms with Crippen LogP contribution in [0, 0.1) is 0 Å². The number of carbonyl (C=O) groups is 1. The number of nitrogens with zero attached hydrogens (tertiary/aromatic N) is 2. The summed E-state index contributed by atoms with van der Waals surface area (Å²) in [6.45, 7) is 11.1. The van der Waals surface area contributed by atoms with Crippen molar-refractivity contribution in [3.8, 4) is 0 Å². The Morgan fingerprint density at radius 3 is 2.41 bits per heavy atom. The summed E-state index contributed by atoms with van der Waals surface area (Å²) in [5.41, 5.74) is -0.800. The lowest BCUT2D eigenvalue weighted by molar-refractivity contribution is 0.0445. The molecule has 6 nitrogen and oxygen atoms in total. The zero-order valence-electron chi connectivity index (χ0n) is 14.7. The highest BCUT2D eigenvalue weighted by atomic mass is 16.6. The summed E-state index contributed by atoms with van der Waals surface area (Å²) >= 11 is 0. The van der Waals surface area contributed by atoms with Crippen molar-refractivity contribution in [2.45, 2.75) is 65.1 Å². The van der Waals surface area contributed by atoms with Crippen LogP contribution in [0.1, 0.15) is 53.3 Å². The summed E-state index contributed by atoms with van der Waals surface area (Å²) in [5.74, 6) is 0.971. The van der Waals surface area contributed by atoms with E-state index in [2.05, 4.69) is 29.5 Å². The molecule has 1 heterocycles. The fourth-order valence-electron chi connectivity index (χ4n) is 2.22. The van der Waals surface area contributed by atoms with Gasteiger partial charge in [-0.2, -0.15) is 0 Å². The van der Waals surface area contributed by atoms with Gasteiger partial charge in [-0.3, -0.25) is 0 Å². The molecule has 126 valence electrons. The number of aromatic nitrogens is 2. The van der Waals surface area contributed by atoms with Gasteiger partial charge in [0.2, 0.25) is 0 Å². The van der Waals surface area contributed by atoms with Crippen LogP contribution in [0.2, 0.25) is 0 Å². The van der Waals surface area contributed by atoms with Crippen LogP contribution in [0.4, 0.5) is 4.79 Å². The number of nitrogens with one attached hydrogen (secondary N) is 2. The Kier molecular flexibility index (Phi) is 6.41. The van der Waals surface area contributed by atoms with Crippen molar-refractivity contribution in [3.05, 3.63) is 18.2 Å². The second-order valence-electron chi connectivity index (χ2n) is 6.67. The summed E-state index contributed by atoms with van der Waals surface area (Å²) in [5, 5.41) is 6.42. The minimum absolute atomic E-state index is 0.312. The van der Waals surface area contributed by atoms with Gasteiger partial charge in [-0.05, 0) is 33.6 Å². The van der Waals surface area contributed by atoms with E-state index in [-0.39, 0.29) is 11.6 Å². The van der Waals surface area contributed by atoms with Gasteiger partial charge in [0.1, 0.15) is 11.4 Å². The molecule has 0 spiro atoms. The number of amides is 1. The lowest BCUT2D eigenvalue weighted by atomic mass is 9.93. The van der Waals surface area contributed by atoms with Crippen molar-refractivity contribution in [2.75, 3.05) is 6.54 Å². The Bertz CT molecular complexity index is 473. The van der Waals surface area contributed by atoms with Crippen LogP contribution in [-0.4, -0.2) is 33.3 Å². The molecule has 6 heteroatoms. The predicted molar refractivity (Wildman–Crippen MR) is 87.6 cm³/mol. The topological polar surface area (TPSA) is 68.2 Å². The number of hydrogen-bond donors (Lipinski definition) is 2. The molecule has 1 amide bonds. The number of alkyl carbamates (subject to hydrolysis) is 1. The van der Waals surface area contributed by atoms with Crippen LogP contribution in [0.15, 0.2) is 12.4 Å². The Morgan fingerprint density at radius 1 is 1.32 bits per heavy atom. The van der Waals surface area contributed by atoms with Crippen molar-refractivity contribution in [3.63, 3.8) is 0 Å². The normalized spacial score (nSPS) is 12.3. The maximum atomic E-state index is 12.1.